The minimum atomic E-state index is 0.0932. The summed E-state index contributed by atoms with van der Waals surface area (Å²) in [4.78, 5) is 14.5. The monoisotopic (exact) mass is 240 g/mol. The minimum absolute atomic E-state index is 0.0932. The second-order valence-electron chi connectivity index (χ2n) is 6.58. The Morgan fingerprint density at radius 3 is 2.12 bits per heavy atom. The number of rotatable bonds is 3. The summed E-state index contributed by atoms with van der Waals surface area (Å²) >= 11 is 0. The van der Waals surface area contributed by atoms with E-state index >= 15 is 0 Å². The van der Waals surface area contributed by atoms with Gasteiger partial charge in [0.2, 0.25) is 5.91 Å². The molecule has 3 heteroatoms. The van der Waals surface area contributed by atoms with E-state index in [0.29, 0.717) is 0 Å². The normalized spacial score (nSPS) is 24.6. The van der Waals surface area contributed by atoms with Crippen molar-refractivity contribution in [3.8, 4) is 0 Å². The van der Waals surface area contributed by atoms with Crippen molar-refractivity contribution < 1.29 is 4.79 Å². The van der Waals surface area contributed by atoms with Gasteiger partial charge in [-0.3, -0.25) is 9.69 Å². The van der Waals surface area contributed by atoms with Gasteiger partial charge in [0, 0.05) is 23.5 Å². The van der Waals surface area contributed by atoms with E-state index in [1.807, 2.05) is 0 Å². The van der Waals surface area contributed by atoms with Crippen LogP contribution in [0.3, 0.4) is 0 Å². The second kappa shape index (κ2) is 4.97. The highest BCUT2D eigenvalue weighted by molar-refractivity contribution is 5.79. The van der Waals surface area contributed by atoms with Crippen LogP contribution in [0.1, 0.15) is 53.9 Å². The molecular formula is C14H28N2O. The molecule has 0 aromatic rings. The number of carbonyl (C=O) groups is 1. The lowest BCUT2D eigenvalue weighted by Crippen LogP contribution is -2.60. The van der Waals surface area contributed by atoms with Crippen LogP contribution in [0.15, 0.2) is 0 Å². The van der Waals surface area contributed by atoms with Gasteiger partial charge in [0.15, 0.2) is 0 Å². The standard InChI is InChI=1S/C14H28N2O/c1-7-8-15-12(17)11-9-13(2,3)16(6)14(4,5)10-11/h11H,7-10H2,1-6H3,(H,15,17). The van der Waals surface area contributed by atoms with Crippen LogP contribution in [0.2, 0.25) is 0 Å². The predicted octanol–water partition coefficient (Wildman–Crippen LogP) is 2.41. The summed E-state index contributed by atoms with van der Waals surface area (Å²) < 4.78 is 0. The lowest BCUT2D eigenvalue weighted by atomic mass is 9.74. The lowest BCUT2D eigenvalue weighted by molar-refractivity contribution is -0.132. The van der Waals surface area contributed by atoms with Crippen LogP contribution in [0.5, 0.6) is 0 Å². The highest BCUT2D eigenvalue weighted by Crippen LogP contribution is 2.39. The molecule has 100 valence electrons. The van der Waals surface area contributed by atoms with E-state index in [-0.39, 0.29) is 22.9 Å². The average molecular weight is 240 g/mol. The van der Waals surface area contributed by atoms with E-state index in [0.717, 1.165) is 25.8 Å². The van der Waals surface area contributed by atoms with Gasteiger partial charge in [-0.15, -0.1) is 0 Å². The van der Waals surface area contributed by atoms with Crippen molar-refractivity contribution in [3.05, 3.63) is 0 Å². The molecule has 0 aromatic carbocycles. The van der Waals surface area contributed by atoms with Crippen molar-refractivity contribution >= 4 is 5.91 Å². The van der Waals surface area contributed by atoms with Gasteiger partial charge in [-0.1, -0.05) is 6.92 Å². The van der Waals surface area contributed by atoms with Crippen molar-refractivity contribution in [3.63, 3.8) is 0 Å². The Bertz CT molecular complexity index is 266. The molecule has 1 N–H and O–H groups in total. The smallest absolute Gasteiger partial charge is 0.223 e. The Morgan fingerprint density at radius 2 is 1.71 bits per heavy atom. The Hall–Kier alpha value is -0.570. The van der Waals surface area contributed by atoms with Crippen LogP contribution in [-0.2, 0) is 4.79 Å². The molecular weight excluding hydrogens is 212 g/mol. The number of amides is 1. The van der Waals surface area contributed by atoms with Gasteiger partial charge in [-0.25, -0.2) is 0 Å². The first-order chi connectivity index (χ1) is 7.70. The van der Waals surface area contributed by atoms with Crippen LogP contribution in [0, 0.1) is 5.92 Å². The first-order valence-corrected chi connectivity index (χ1v) is 6.72. The molecule has 0 spiro atoms. The lowest BCUT2D eigenvalue weighted by Gasteiger charge is -2.53. The van der Waals surface area contributed by atoms with Crippen molar-refractivity contribution in [1.82, 2.24) is 10.2 Å². The highest BCUT2D eigenvalue weighted by Gasteiger charge is 2.44. The van der Waals surface area contributed by atoms with Gasteiger partial charge >= 0.3 is 0 Å². The Morgan fingerprint density at radius 1 is 1.24 bits per heavy atom. The molecule has 17 heavy (non-hydrogen) atoms. The zero-order chi connectivity index (χ0) is 13.3. The Labute approximate surface area is 106 Å². The maximum atomic E-state index is 12.1. The van der Waals surface area contributed by atoms with E-state index in [9.17, 15) is 4.79 Å². The fourth-order valence-corrected chi connectivity index (χ4v) is 2.95. The fourth-order valence-electron chi connectivity index (χ4n) is 2.95. The van der Waals surface area contributed by atoms with Gasteiger partial charge in [0.25, 0.3) is 0 Å². The summed E-state index contributed by atoms with van der Waals surface area (Å²) in [6, 6.07) is 0. The van der Waals surface area contributed by atoms with Crippen LogP contribution >= 0.6 is 0 Å². The van der Waals surface area contributed by atoms with E-state index in [4.69, 9.17) is 0 Å². The molecule has 1 saturated heterocycles. The maximum absolute atomic E-state index is 12.1. The van der Waals surface area contributed by atoms with Crippen molar-refractivity contribution in [2.75, 3.05) is 13.6 Å². The number of piperidine rings is 1. The zero-order valence-corrected chi connectivity index (χ0v) is 12.3. The van der Waals surface area contributed by atoms with Crippen molar-refractivity contribution in [1.29, 1.82) is 0 Å². The van der Waals surface area contributed by atoms with Crippen molar-refractivity contribution in [2.24, 2.45) is 5.92 Å². The van der Waals surface area contributed by atoms with Crippen LogP contribution in [0.25, 0.3) is 0 Å². The first kappa shape index (κ1) is 14.5. The quantitative estimate of drug-likeness (QED) is 0.821. The van der Waals surface area contributed by atoms with Gasteiger partial charge in [-0.2, -0.15) is 0 Å². The largest absolute Gasteiger partial charge is 0.356 e. The zero-order valence-electron chi connectivity index (χ0n) is 12.3. The van der Waals surface area contributed by atoms with E-state index in [1.165, 1.54) is 0 Å². The summed E-state index contributed by atoms with van der Waals surface area (Å²) in [5, 5.41) is 3.03. The number of nitrogens with one attached hydrogen (secondary N) is 1. The molecule has 1 amide bonds. The first-order valence-electron chi connectivity index (χ1n) is 6.72. The van der Waals surface area contributed by atoms with E-state index in [2.05, 4.69) is 51.9 Å². The van der Waals surface area contributed by atoms with Gasteiger partial charge < -0.3 is 5.32 Å². The van der Waals surface area contributed by atoms with Gasteiger partial charge in [-0.05, 0) is 54.0 Å². The molecule has 0 bridgehead atoms. The number of nitrogens with zero attached hydrogens (tertiary/aromatic N) is 1. The third kappa shape index (κ3) is 3.21. The maximum Gasteiger partial charge on any atom is 0.223 e. The SMILES string of the molecule is CCCNC(=O)C1CC(C)(C)N(C)C(C)(C)C1. The Balaban J connectivity index is 2.74. The molecule has 0 radical (unpaired) electrons. The molecule has 1 aliphatic heterocycles. The van der Waals surface area contributed by atoms with E-state index < -0.39 is 0 Å². The topological polar surface area (TPSA) is 32.3 Å². The number of likely N-dealkylation sites (tertiary alicyclic amines) is 1. The number of hydrogen-bond acceptors (Lipinski definition) is 2. The summed E-state index contributed by atoms with van der Waals surface area (Å²) in [6.45, 7) is 11.8. The molecule has 1 aliphatic rings. The van der Waals surface area contributed by atoms with Gasteiger partial charge in [0.1, 0.15) is 0 Å². The number of hydrogen-bond donors (Lipinski definition) is 1. The molecule has 1 heterocycles. The predicted molar refractivity (Wildman–Crippen MR) is 71.9 cm³/mol. The molecule has 0 aromatic heterocycles. The van der Waals surface area contributed by atoms with Crippen LogP contribution in [0.4, 0.5) is 0 Å². The fraction of sp³-hybridized carbons (Fsp3) is 0.929. The number of carbonyl (C=O) groups excluding carboxylic acids is 1. The minimum Gasteiger partial charge on any atom is -0.356 e. The van der Waals surface area contributed by atoms with Crippen LogP contribution in [-0.4, -0.2) is 35.5 Å². The molecule has 1 fully saturated rings. The molecule has 0 aliphatic carbocycles. The summed E-state index contributed by atoms with van der Waals surface area (Å²) in [5.41, 5.74) is 0.186. The summed E-state index contributed by atoms with van der Waals surface area (Å²) in [5.74, 6) is 0.392. The van der Waals surface area contributed by atoms with Crippen molar-refractivity contribution in [2.45, 2.75) is 65.0 Å². The molecule has 0 unspecified atom stereocenters. The summed E-state index contributed by atoms with van der Waals surface area (Å²) in [7, 11) is 2.17. The van der Waals surface area contributed by atoms with E-state index in [1.54, 1.807) is 0 Å². The molecule has 0 atom stereocenters. The summed E-state index contributed by atoms with van der Waals surface area (Å²) in [6.07, 6.45) is 2.90. The molecule has 3 nitrogen and oxygen atoms in total. The second-order valence-corrected chi connectivity index (χ2v) is 6.58. The molecule has 1 rings (SSSR count). The van der Waals surface area contributed by atoms with Crippen LogP contribution < -0.4 is 5.32 Å². The third-order valence-corrected chi connectivity index (χ3v) is 4.23. The molecule has 0 saturated carbocycles. The highest BCUT2D eigenvalue weighted by atomic mass is 16.1. The van der Waals surface area contributed by atoms with Gasteiger partial charge in [0.05, 0.1) is 0 Å². The average Bonchev–Trinajstić information content (AvgIpc) is 2.21. The third-order valence-electron chi connectivity index (χ3n) is 4.23. The Kier molecular flexibility index (Phi) is 4.23.